The third-order valence-corrected chi connectivity index (χ3v) is 4.56. The Kier molecular flexibility index (Phi) is 4.86. The molecule has 0 saturated heterocycles. The number of rotatable bonds is 4. The lowest BCUT2D eigenvalue weighted by Gasteiger charge is -2.45. The zero-order valence-corrected chi connectivity index (χ0v) is 13.0. The Morgan fingerprint density at radius 2 is 2.10 bits per heavy atom. The first kappa shape index (κ1) is 15.8. The molecule has 1 N–H and O–H groups in total. The van der Waals surface area contributed by atoms with E-state index in [1.165, 1.54) is 13.2 Å². The molecule has 1 saturated carbocycles. The largest absolute Gasteiger partial charge is 0.467 e. The van der Waals surface area contributed by atoms with E-state index in [1.807, 2.05) is 0 Å². The Balaban J connectivity index is 2.41. The molecule has 2 rings (SSSR count). The maximum absolute atomic E-state index is 14.0. The number of ether oxygens (including phenoxy) is 1. The highest BCUT2D eigenvalue weighted by Crippen LogP contribution is 2.41. The molecule has 0 radical (unpaired) electrons. The highest BCUT2D eigenvalue weighted by atomic mass is 19.1. The van der Waals surface area contributed by atoms with Crippen LogP contribution in [0.3, 0.4) is 0 Å². The summed E-state index contributed by atoms with van der Waals surface area (Å²) < 4.78 is 19.1. The van der Waals surface area contributed by atoms with Crippen molar-refractivity contribution in [2.24, 2.45) is 11.8 Å². The lowest BCUT2D eigenvalue weighted by molar-refractivity contribution is -0.150. The van der Waals surface area contributed by atoms with Crippen LogP contribution in [0.4, 0.5) is 10.1 Å². The third kappa shape index (κ3) is 3.04. The molecule has 0 heterocycles. The van der Waals surface area contributed by atoms with Crippen LogP contribution >= 0.6 is 0 Å². The first-order valence-corrected chi connectivity index (χ1v) is 7.62. The van der Waals surface area contributed by atoms with Crippen molar-refractivity contribution in [1.82, 2.24) is 0 Å². The van der Waals surface area contributed by atoms with Crippen molar-refractivity contribution in [3.8, 4) is 0 Å². The van der Waals surface area contributed by atoms with Gasteiger partial charge in [0.15, 0.2) is 0 Å². The van der Waals surface area contributed by atoms with E-state index in [-0.39, 0.29) is 17.7 Å². The standard InChI is InChI=1S/C17H24FNO2/c1-12(2)13-8-6-7-11-17(13,16(20)21-3)19-15-10-5-4-9-14(15)18/h4-5,9-10,12-13,19H,6-8,11H2,1-3H3. The number of carbonyl (C=O) groups excluding carboxylic acids is 1. The fourth-order valence-corrected chi connectivity index (χ4v) is 3.55. The summed E-state index contributed by atoms with van der Waals surface area (Å²) in [5.74, 6) is -0.167. The Bertz CT molecular complexity index is 503. The molecule has 1 aliphatic carbocycles. The number of hydrogen-bond donors (Lipinski definition) is 1. The molecule has 0 aliphatic heterocycles. The van der Waals surface area contributed by atoms with E-state index in [0.717, 1.165) is 19.3 Å². The van der Waals surface area contributed by atoms with E-state index in [1.54, 1.807) is 18.2 Å². The van der Waals surface area contributed by atoms with Gasteiger partial charge in [0.25, 0.3) is 0 Å². The smallest absolute Gasteiger partial charge is 0.331 e. The van der Waals surface area contributed by atoms with E-state index in [9.17, 15) is 9.18 Å². The number of esters is 1. The molecule has 1 aromatic rings. The van der Waals surface area contributed by atoms with Gasteiger partial charge in [-0.05, 0) is 36.8 Å². The van der Waals surface area contributed by atoms with Crippen molar-refractivity contribution in [3.05, 3.63) is 30.1 Å². The van der Waals surface area contributed by atoms with Gasteiger partial charge in [-0.3, -0.25) is 0 Å². The number of halogens is 1. The molecule has 2 unspecified atom stereocenters. The van der Waals surface area contributed by atoms with Crippen LogP contribution in [0.2, 0.25) is 0 Å². The van der Waals surface area contributed by atoms with Crippen molar-refractivity contribution in [2.45, 2.75) is 45.1 Å². The molecule has 1 aliphatic rings. The minimum atomic E-state index is -0.830. The van der Waals surface area contributed by atoms with Gasteiger partial charge >= 0.3 is 5.97 Å². The lowest BCUT2D eigenvalue weighted by Crippen LogP contribution is -2.56. The molecule has 0 amide bonds. The van der Waals surface area contributed by atoms with Crippen molar-refractivity contribution < 1.29 is 13.9 Å². The summed E-state index contributed by atoms with van der Waals surface area (Å²) in [6.45, 7) is 4.22. The molecule has 1 fully saturated rings. The van der Waals surface area contributed by atoms with Gasteiger partial charge in [-0.15, -0.1) is 0 Å². The predicted octanol–water partition coefficient (Wildman–Crippen LogP) is 4.00. The van der Waals surface area contributed by atoms with Crippen molar-refractivity contribution in [3.63, 3.8) is 0 Å². The molecular formula is C17H24FNO2. The molecule has 0 bridgehead atoms. The van der Waals surface area contributed by atoms with Crippen LogP contribution in [0.5, 0.6) is 0 Å². The molecule has 3 nitrogen and oxygen atoms in total. The fraction of sp³-hybridized carbons (Fsp3) is 0.588. The summed E-state index contributed by atoms with van der Waals surface area (Å²) in [4.78, 5) is 12.5. The van der Waals surface area contributed by atoms with Gasteiger partial charge < -0.3 is 10.1 Å². The van der Waals surface area contributed by atoms with E-state index in [2.05, 4.69) is 19.2 Å². The minimum Gasteiger partial charge on any atom is -0.467 e. The van der Waals surface area contributed by atoms with Gasteiger partial charge in [-0.1, -0.05) is 38.8 Å². The molecule has 4 heteroatoms. The quantitative estimate of drug-likeness (QED) is 0.853. The van der Waals surface area contributed by atoms with E-state index in [4.69, 9.17) is 4.74 Å². The van der Waals surface area contributed by atoms with Gasteiger partial charge in [-0.25, -0.2) is 9.18 Å². The number of nitrogens with one attached hydrogen (secondary N) is 1. The minimum absolute atomic E-state index is 0.137. The number of hydrogen-bond acceptors (Lipinski definition) is 3. The summed E-state index contributed by atoms with van der Waals surface area (Å²) in [7, 11) is 1.40. The summed E-state index contributed by atoms with van der Waals surface area (Å²) in [5, 5.41) is 3.20. The Morgan fingerprint density at radius 3 is 2.71 bits per heavy atom. The number of para-hydroxylation sites is 1. The number of carbonyl (C=O) groups is 1. The SMILES string of the molecule is COC(=O)C1(Nc2ccccc2F)CCCCC1C(C)C. The van der Waals surface area contributed by atoms with E-state index in [0.29, 0.717) is 18.0 Å². The van der Waals surface area contributed by atoms with Crippen LogP contribution in [0.15, 0.2) is 24.3 Å². The van der Waals surface area contributed by atoms with Gasteiger partial charge in [0.1, 0.15) is 11.4 Å². The van der Waals surface area contributed by atoms with Crippen LogP contribution in [0.25, 0.3) is 0 Å². The van der Waals surface area contributed by atoms with Crippen LogP contribution < -0.4 is 5.32 Å². The summed E-state index contributed by atoms with van der Waals surface area (Å²) in [6, 6.07) is 6.49. The van der Waals surface area contributed by atoms with E-state index < -0.39 is 5.54 Å². The van der Waals surface area contributed by atoms with Gasteiger partial charge in [0.2, 0.25) is 0 Å². The second-order valence-corrected chi connectivity index (χ2v) is 6.16. The van der Waals surface area contributed by atoms with Gasteiger partial charge in [0, 0.05) is 0 Å². The first-order valence-electron chi connectivity index (χ1n) is 7.62. The molecule has 1 aromatic carbocycles. The zero-order valence-electron chi connectivity index (χ0n) is 13.0. The summed E-state index contributed by atoms with van der Waals surface area (Å²) in [6.07, 6.45) is 3.67. The maximum Gasteiger partial charge on any atom is 0.331 e. The van der Waals surface area contributed by atoms with Crippen molar-refractivity contribution >= 4 is 11.7 Å². The topological polar surface area (TPSA) is 38.3 Å². The molecule has 2 atom stereocenters. The highest BCUT2D eigenvalue weighted by Gasteiger charge is 2.49. The van der Waals surface area contributed by atoms with Crippen LogP contribution in [0.1, 0.15) is 39.5 Å². The Labute approximate surface area is 125 Å². The lowest BCUT2D eigenvalue weighted by atomic mass is 9.67. The second kappa shape index (κ2) is 6.46. The summed E-state index contributed by atoms with van der Waals surface area (Å²) in [5.41, 5.74) is -0.459. The number of benzene rings is 1. The Hall–Kier alpha value is -1.58. The number of anilines is 1. The monoisotopic (exact) mass is 293 g/mol. The average molecular weight is 293 g/mol. The number of methoxy groups -OCH3 is 1. The molecule has 21 heavy (non-hydrogen) atoms. The molecule has 0 spiro atoms. The fourth-order valence-electron chi connectivity index (χ4n) is 3.55. The second-order valence-electron chi connectivity index (χ2n) is 6.16. The normalized spacial score (nSPS) is 25.7. The zero-order chi connectivity index (χ0) is 15.5. The van der Waals surface area contributed by atoms with Crippen LogP contribution in [-0.4, -0.2) is 18.6 Å². The van der Waals surface area contributed by atoms with Crippen molar-refractivity contribution in [2.75, 3.05) is 12.4 Å². The average Bonchev–Trinajstić information content (AvgIpc) is 2.49. The van der Waals surface area contributed by atoms with Gasteiger partial charge in [0.05, 0.1) is 12.8 Å². The van der Waals surface area contributed by atoms with Crippen molar-refractivity contribution in [1.29, 1.82) is 0 Å². The first-order chi connectivity index (χ1) is 10.0. The van der Waals surface area contributed by atoms with Crippen LogP contribution in [0, 0.1) is 17.7 Å². The van der Waals surface area contributed by atoms with Crippen LogP contribution in [-0.2, 0) is 9.53 Å². The highest BCUT2D eigenvalue weighted by molar-refractivity contribution is 5.85. The van der Waals surface area contributed by atoms with Gasteiger partial charge in [-0.2, -0.15) is 0 Å². The predicted molar refractivity (Wildman–Crippen MR) is 81.6 cm³/mol. The third-order valence-electron chi connectivity index (χ3n) is 4.56. The molecule has 116 valence electrons. The summed E-state index contributed by atoms with van der Waals surface area (Å²) >= 11 is 0. The Morgan fingerprint density at radius 1 is 1.38 bits per heavy atom. The molecular weight excluding hydrogens is 269 g/mol. The molecule has 0 aromatic heterocycles. The maximum atomic E-state index is 14.0. The van der Waals surface area contributed by atoms with E-state index >= 15 is 0 Å².